The standard InChI is InChI=1S/C17H13N3O3/c18-10-13(17(21)20-14-2-1-5-19-11-14)8-12-3-4-15-16(9-12)23-7-6-22-15/h1-5,8-9,11H,6-7H2,(H,20,21)/b13-8+. The smallest absolute Gasteiger partial charge is 0.266 e. The van der Waals surface area contributed by atoms with Crippen LogP contribution in [0.3, 0.4) is 0 Å². The van der Waals surface area contributed by atoms with Gasteiger partial charge in [-0.1, -0.05) is 6.07 Å². The maximum Gasteiger partial charge on any atom is 0.266 e. The van der Waals surface area contributed by atoms with Crippen LogP contribution < -0.4 is 14.8 Å². The summed E-state index contributed by atoms with van der Waals surface area (Å²) in [5.74, 6) is 0.775. The lowest BCUT2D eigenvalue weighted by molar-refractivity contribution is -0.112. The van der Waals surface area contributed by atoms with Crippen molar-refractivity contribution in [1.82, 2.24) is 4.98 Å². The van der Waals surface area contributed by atoms with E-state index in [9.17, 15) is 10.1 Å². The molecular weight excluding hydrogens is 294 g/mol. The first-order valence-electron chi connectivity index (χ1n) is 6.99. The summed E-state index contributed by atoms with van der Waals surface area (Å²) in [6.07, 6.45) is 4.62. The van der Waals surface area contributed by atoms with E-state index in [-0.39, 0.29) is 5.57 Å². The topological polar surface area (TPSA) is 84.2 Å². The zero-order valence-corrected chi connectivity index (χ0v) is 12.2. The minimum Gasteiger partial charge on any atom is -0.486 e. The number of ether oxygens (including phenoxy) is 2. The number of anilines is 1. The average Bonchev–Trinajstić information content (AvgIpc) is 2.60. The Labute approximate surface area is 133 Å². The number of rotatable bonds is 3. The van der Waals surface area contributed by atoms with Crippen molar-refractivity contribution in [3.05, 3.63) is 53.9 Å². The van der Waals surface area contributed by atoms with Crippen molar-refractivity contribution in [2.45, 2.75) is 0 Å². The summed E-state index contributed by atoms with van der Waals surface area (Å²) in [6.45, 7) is 0.992. The number of aromatic nitrogens is 1. The first-order chi connectivity index (χ1) is 11.3. The number of fused-ring (bicyclic) bond motifs is 1. The van der Waals surface area contributed by atoms with Gasteiger partial charge < -0.3 is 14.8 Å². The van der Waals surface area contributed by atoms with Crippen LogP contribution in [0.1, 0.15) is 5.56 Å². The van der Waals surface area contributed by atoms with Gasteiger partial charge in [0, 0.05) is 6.20 Å². The van der Waals surface area contributed by atoms with Gasteiger partial charge in [0.15, 0.2) is 11.5 Å². The Kier molecular flexibility index (Phi) is 4.20. The quantitative estimate of drug-likeness (QED) is 0.695. The largest absolute Gasteiger partial charge is 0.486 e. The number of nitriles is 1. The van der Waals surface area contributed by atoms with E-state index in [2.05, 4.69) is 10.3 Å². The molecule has 6 nitrogen and oxygen atoms in total. The molecule has 0 saturated carbocycles. The van der Waals surface area contributed by atoms with Crippen molar-refractivity contribution >= 4 is 17.7 Å². The molecule has 0 bridgehead atoms. The van der Waals surface area contributed by atoms with Crippen LogP contribution in [-0.2, 0) is 4.79 Å². The Hall–Kier alpha value is -3.33. The summed E-state index contributed by atoms with van der Waals surface area (Å²) < 4.78 is 10.9. The second-order valence-electron chi connectivity index (χ2n) is 4.77. The molecule has 0 radical (unpaired) electrons. The lowest BCUT2D eigenvalue weighted by atomic mass is 10.1. The summed E-state index contributed by atoms with van der Waals surface area (Å²) in [6, 6.07) is 10.6. The molecule has 2 heterocycles. The molecule has 3 rings (SSSR count). The molecule has 1 aliphatic rings. The van der Waals surface area contributed by atoms with Gasteiger partial charge in [0.05, 0.1) is 11.9 Å². The lowest BCUT2D eigenvalue weighted by Crippen LogP contribution is -2.15. The van der Waals surface area contributed by atoms with Gasteiger partial charge in [-0.05, 0) is 35.9 Å². The number of hydrogen-bond acceptors (Lipinski definition) is 5. The van der Waals surface area contributed by atoms with Crippen molar-refractivity contribution in [1.29, 1.82) is 5.26 Å². The molecule has 0 fully saturated rings. The van der Waals surface area contributed by atoms with E-state index in [1.807, 2.05) is 6.07 Å². The number of pyridine rings is 1. The fourth-order valence-electron chi connectivity index (χ4n) is 2.10. The Morgan fingerprint density at radius 3 is 2.83 bits per heavy atom. The maximum atomic E-state index is 12.2. The minimum atomic E-state index is -0.490. The third kappa shape index (κ3) is 3.47. The number of benzene rings is 1. The highest BCUT2D eigenvalue weighted by Gasteiger charge is 2.13. The lowest BCUT2D eigenvalue weighted by Gasteiger charge is -2.18. The molecule has 114 valence electrons. The van der Waals surface area contributed by atoms with Crippen molar-refractivity contribution in [3.8, 4) is 17.6 Å². The Balaban J connectivity index is 1.81. The van der Waals surface area contributed by atoms with E-state index in [0.29, 0.717) is 36.0 Å². The zero-order chi connectivity index (χ0) is 16.1. The fraction of sp³-hybridized carbons (Fsp3) is 0.118. The van der Waals surface area contributed by atoms with Gasteiger partial charge in [-0.2, -0.15) is 5.26 Å². The molecule has 1 aromatic carbocycles. The normalized spacial score (nSPS) is 13.1. The fourth-order valence-corrected chi connectivity index (χ4v) is 2.10. The van der Waals surface area contributed by atoms with Crippen LogP contribution in [0.25, 0.3) is 6.08 Å². The Bertz CT molecular complexity index is 794. The number of carbonyl (C=O) groups excluding carboxylic acids is 1. The highest BCUT2D eigenvalue weighted by atomic mass is 16.6. The summed E-state index contributed by atoms with van der Waals surface area (Å²) in [5.41, 5.74) is 1.21. The third-order valence-electron chi connectivity index (χ3n) is 3.16. The third-order valence-corrected chi connectivity index (χ3v) is 3.16. The van der Waals surface area contributed by atoms with Crippen molar-refractivity contribution < 1.29 is 14.3 Å². The summed E-state index contributed by atoms with van der Waals surface area (Å²) >= 11 is 0. The highest BCUT2D eigenvalue weighted by Crippen LogP contribution is 2.31. The Morgan fingerprint density at radius 2 is 2.09 bits per heavy atom. The van der Waals surface area contributed by atoms with E-state index in [0.717, 1.165) is 0 Å². The average molecular weight is 307 g/mol. The molecular formula is C17H13N3O3. The maximum absolute atomic E-state index is 12.2. The van der Waals surface area contributed by atoms with Crippen LogP contribution in [0.5, 0.6) is 11.5 Å². The molecule has 1 N–H and O–H groups in total. The molecule has 1 aliphatic heterocycles. The van der Waals surface area contributed by atoms with Gasteiger partial charge in [-0.25, -0.2) is 0 Å². The molecule has 0 saturated heterocycles. The number of hydrogen-bond donors (Lipinski definition) is 1. The van der Waals surface area contributed by atoms with Crippen LogP contribution in [0.2, 0.25) is 0 Å². The van der Waals surface area contributed by atoms with Crippen molar-refractivity contribution in [2.75, 3.05) is 18.5 Å². The van der Waals surface area contributed by atoms with Gasteiger partial charge >= 0.3 is 0 Å². The number of carbonyl (C=O) groups is 1. The Morgan fingerprint density at radius 1 is 1.26 bits per heavy atom. The number of nitrogens with one attached hydrogen (secondary N) is 1. The van der Waals surface area contributed by atoms with Gasteiger partial charge in [0.25, 0.3) is 5.91 Å². The molecule has 0 aliphatic carbocycles. The second kappa shape index (κ2) is 6.62. The van der Waals surface area contributed by atoms with Crippen molar-refractivity contribution in [2.24, 2.45) is 0 Å². The zero-order valence-electron chi connectivity index (χ0n) is 12.2. The predicted molar refractivity (Wildman–Crippen MR) is 83.9 cm³/mol. The monoisotopic (exact) mass is 307 g/mol. The van der Waals surface area contributed by atoms with Gasteiger partial charge in [-0.15, -0.1) is 0 Å². The van der Waals surface area contributed by atoms with Gasteiger partial charge in [0.2, 0.25) is 0 Å². The molecule has 1 amide bonds. The van der Waals surface area contributed by atoms with Crippen LogP contribution in [0.15, 0.2) is 48.3 Å². The number of amides is 1. The SMILES string of the molecule is N#C/C(=C\c1ccc2c(c1)OCCO2)C(=O)Nc1cccnc1. The van der Waals surface area contributed by atoms with Gasteiger partial charge in [0.1, 0.15) is 24.9 Å². The van der Waals surface area contributed by atoms with Gasteiger partial charge in [-0.3, -0.25) is 9.78 Å². The highest BCUT2D eigenvalue weighted by molar-refractivity contribution is 6.09. The van der Waals surface area contributed by atoms with Crippen molar-refractivity contribution in [3.63, 3.8) is 0 Å². The first-order valence-corrected chi connectivity index (χ1v) is 6.99. The molecule has 0 unspecified atom stereocenters. The predicted octanol–water partition coefficient (Wildman–Crippen LogP) is 2.40. The van der Waals surface area contributed by atoms with E-state index in [4.69, 9.17) is 9.47 Å². The first kappa shape index (κ1) is 14.6. The number of nitrogens with zero attached hydrogens (tertiary/aromatic N) is 2. The van der Waals surface area contributed by atoms with E-state index < -0.39 is 5.91 Å². The molecule has 0 spiro atoms. The molecule has 0 atom stereocenters. The minimum absolute atomic E-state index is 0.00877. The summed E-state index contributed by atoms with van der Waals surface area (Å²) in [5, 5.41) is 11.9. The van der Waals surface area contributed by atoms with Crippen LogP contribution in [-0.4, -0.2) is 24.1 Å². The van der Waals surface area contributed by atoms with E-state index in [1.165, 1.54) is 12.3 Å². The van der Waals surface area contributed by atoms with E-state index in [1.54, 1.807) is 36.5 Å². The summed E-state index contributed by atoms with van der Waals surface area (Å²) in [7, 11) is 0. The van der Waals surface area contributed by atoms with E-state index >= 15 is 0 Å². The second-order valence-corrected chi connectivity index (χ2v) is 4.77. The van der Waals surface area contributed by atoms with Crippen LogP contribution >= 0.6 is 0 Å². The molecule has 23 heavy (non-hydrogen) atoms. The molecule has 6 heteroatoms. The molecule has 1 aromatic heterocycles. The van der Waals surface area contributed by atoms with Crippen LogP contribution in [0.4, 0.5) is 5.69 Å². The summed E-state index contributed by atoms with van der Waals surface area (Å²) in [4.78, 5) is 16.1. The van der Waals surface area contributed by atoms with Crippen LogP contribution in [0, 0.1) is 11.3 Å². The molecule has 2 aromatic rings.